The van der Waals surface area contributed by atoms with Crippen LogP contribution in [0.5, 0.6) is 0 Å². The van der Waals surface area contributed by atoms with Crippen LogP contribution in [0.2, 0.25) is 0 Å². The molecule has 96 valence electrons. The SMILES string of the molecule is Cc1cncc(NCc2cnc3cc(C)nn3c2)c1. The predicted octanol–water partition coefficient (Wildman–Crippen LogP) is 2.35. The first-order valence-corrected chi connectivity index (χ1v) is 6.17. The second-order valence-electron chi connectivity index (χ2n) is 4.66. The Bertz CT molecular complexity index is 717. The summed E-state index contributed by atoms with van der Waals surface area (Å²) in [4.78, 5) is 8.53. The number of pyridine rings is 1. The van der Waals surface area contributed by atoms with Gasteiger partial charge in [0.25, 0.3) is 0 Å². The van der Waals surface area contributed by atoms with Gasteiger partial charge in [-0.3, -0.25) is 4.98 Å². The maximum absolute atomic E-state index is 4.38. The average molecular weight is 253 g/mol. The number of aryl methyl sites for hydroxylation is 2. The zero-order valence-corrected chi connectivity index (χ0v) is 11.0. The van der Waals surface area contributed by atoms with E-state index < -0.39 is 0 Å². The highest BCUT2D eigenvalue weighted by molar-refractivity contribution is 5.44. The molecule has 3 heterocycles. The van der Waals surface area contributed by atoms with Crippen LogP contribution in [0.25, 0.3) is 5.65 Å². The zero-order valence-electron chi connectivity index (χ0n) is 11.0. The van der Waals surface area contributed by atoms with Gasteiger partial charge in [0.1, 0.15) is 0 Å². The minimum Gasteiger partial charge on any atom is -0.380 e. The van der Waals surface area contributed by atoms with Crippen molar-refractivity contribution in [3.63, 3.8) is 0 Å². The van der Waals surface area contributed by atoms with Crippen LogP contribution in [-0.4, -0.2) is 19.6 Å². The van der Waals surface area contributed by atoms with E-state index in [0.717, 1.165) is 28.2 Å². The Morgan fingerprint density at radius 3 is 2.89 bits per heavy atom. The highest BCUT2D eigenvalue weighted by Crippen LogP contribution is 2.10. The highest BCUT2D eigenvalue weighted by Gasteiger charge is 2.01. The van der Waals surface area contributed by atoms with E-state index in [2.05, 4.69) is 26.4 Å². The Morgan fingerprint density at radius 1 is 1.16 bits per heavy atom. The predicted molar refractivity (Wildman–Crippen MR) is 74.0 cm³/mol. The monoisotopic (exact) mass is 253 g/mol. The molecule has 0 aliphatic rings. The van der Waals surface area contributed by atoms with Gasteiger partial charge >= 0.3 is 0 Å². The van der Waals surface area contributed by atoms with Gasteiger partial charge in [-0.05, 0) is 25.5 Å². The van der Waals surface area contributed by atoms with Crippen molar-refractivity contribution in [2.45, 2.75) is 20.4 Å². The van der Waals surface area contributed by atoms with Gasteiger partial charge in [0.15, 0.2) is 5.65 Å². The van der Waals surface area contributed by atoms with Crippen LogP contribution in [0.4, 0.5) is 5.69 Å². The van der Waals surface area contributed by atoms with Gasteiger partial charge in [-0.1, -0.05) is 0 Å². The van der Waals surface area contributed by atoms with E-state index in [1.807, 2.05) is 44.7 Å². The molecular weight excluding hydrogens is 238 g/mol. The molecule has 0 saturated carbocycles. The van der Waals surface area contributed by atoms with E-state index in [4.69, 9.17) is 0 Å². The van der Waals surface area contributed by atoms with Crippen molar-refractivity contribution in [1.82, 2.24) is 19.6 Å². The minimum atomic E-state index is 0.701. The van der Waals surface area contributed by atoms with E-state index in [9.17, 15) is 0 Å². The van der Waals surface area contributed by atoms with E-state index >= 15 is 0 Å². The van der Waals surface area contributed by atoms with Crippen LogP contribution in [0.1, 0.15) is 16.8 Å². The lowest BCUT2D eigenvalue weighted by atomic mass is 10.3. The van der Waals surface area contributed by atoms with Crippen LogP contribution in [0, 0.1) is 13.8 Å². The van der Waals surface area contributed by atoms with Crippen LogP contribution < -0.4 is 5.32 Å². The number of hydrogen-bond acceptors (Lipinski definition) is 4. The molecule has 0 atom stereocenters. The summed E-state index contributed by atoms with van der Waals surface area (Å²) in [5.74, 6) is 0. The largest absolute Gasteiger partial charge is 0.380 e. The number of hydrogen-bond donors (Lipinski definition) is 1. The summed E-state index contributed by atoms with van der Waals surface area (Å²) in [6.45, 7) is 4.69. The van der Waals surface area contributed by atoms with Crippen LogP contribution in [-0.2, 0) is 6.54 Å². The van der Waals surface area contributed by atoms with Crippen molar-refractivity contribution in [3.8, 4) is 0 Å². The summed E-state index contributed by atoms with van der Waals surface area (Å²) in [5, 5.41) is 7.69. The van der Waals surface area contributed by atoms with E-state index in [0.29, 0.717) is 6.54 Å². The summed E-state index contributed by atoms with van der Waals surface area (Å²) in [6.07, 6.45) is 7.51. The second kappa shape index (κ2) is 4.68. The molecule has 0 radical (unpaired) electrons. The quantitative estimate of drug-likeness (QED) is 0.778. The fourth-order valence-electron chi connectivity index (χ4n) is 1.98. The molecule has 0 bridgehead atoms. The number of aromatic nitrogens is 4. The molecule has 3 aromatic heterocycles. The Balaban J connectivity index is 1.78. The van der Waals surface area contributed by atoms with Gasteiger partial charge in [0.2, 0.25) is 0 Å². The first-order chi connectivity index (χ1) is 9.20. The molecule has 0 aromatic carbocycles. The number of anilines is 1. The Labute approximate surface area is 111 Å². The topological polar surface area (TPSA) is 55.1 Å². The standard InChI is InChI=1S/C14H15N5/c1-10-3-13(8-15-5-10)16-6-12-7-17-14-4-11(2)18-19(14)9-12/h3-5,7-9,16H,6H2,1-2H3. The van der Waals surface area contributed by atoms with E-state index in [1.165, 1.54) is 0 Å². The molecule has 5 nitrogen and oxygen atoms in total. The first kappa shape index (κ1) is 11.6. The van der Waals surface area contributed by atoms with Crippen molar-refractivity contribution >= 4 is 11.3 Å². The second-order valence-corrected chi connectivity index (χ2v) is 4.66. The van der Waals surface area contributed by atoms with Gasteiger partial charge in [0, 0.05) is 43.0 Å². The Kier molecular flexibility index (Phi) is 2.87. The fraction of sp³-hybridized carbons (Fsp3) is 0.214. The molecule has 0 fully saturated rings. The lowest BCUT2D eigenvalue weighted by Gasteiger charge is -2.06. The lowest BCUT2D eigenvalue weighted by Crippen LogP contribution is -2.02. The van der Waals surface area contributed by atoms with Crippen molar-refractivity contribution in [3.05, 3.63) is 53.7 Å². The smallest absolute Gasteiger partial charge is 0.155 e. The van der Waals surface area contributed by atoms with Crippen molar-refractivity contribution < 1.29 is 0 Å². The summed E-state index contributed by atoms with van der Waals surface area (Å²) in [7, 11) is 0. The molecule has 0 saturated heterocycles. The molecule has 0 aliphatic heterocycles. The summed E-state index contributed by atoms with van der Waals surface area (Å²) >= 11 is 0. The number of fused-ring (bicyclic) bond motifs is 1. The van der Waals surface area contributed by atoms with Gasteiger partial charge in [-0.15, -0.1) is 0 Å². The third-order valence-electron chi connectivity index (χ3n) is 2.86. The van der Waals surface area contributed by atoms with E-state index in [-0.39, 0.29) is 0 Å². The average Bonchev–Trinajstić information content (AvgIpc) is 2.75. The van der Waals surface area contributed by atoms with Crippen LogP contribution >= 0.6 is 0 Å². The Hall–Kier alpha value is -2.43. The molecule has 3 aromatic rings. The van der Waals surface area contributed by atoms with Crippen LogP contribution in [0.15, 0.2) is 36.9 Å². The molecule has 0 amide bonds. The molecule has 0 unspecified atom stereocenters. The maximum Gasteiger partial charge on any atom is 0.155 e. The number of nitrogens with one attached hydrogen (secondary N) is 1. The van der Waals surface area contributed by atoms with E-state index in [1.54, 1.807) is 4.52 Å². The van der Waals surface area contributed by atoms with Crippen molar-refractivity contribution in [2.75, 3.05) is 5.32 Å². The molecular formula is C14H15N5. The molecule has 1 N–H and O–H groups in total. The molecule has 5 heteroatoms. The lowest BCUT2D eigenvalue weighted by molar-refractivity contribution is 0.895. The maximum atomic E-state index is 4.38. The zero-order chi connectivity index (χ0) is 13.2. The summed E-state index contributed by atoms with van der Waals surface area (Å²) < 4.78 is 1.81. The molecule has 0 aliphatic carbocycles. The molecule has 3 rings (SSSR count). The van der Waals surface area contributed by atoms with Crippen molar-refractivity contribution in [2.24, 2.45) is 0 Å². The van der Waals surface area contributed by atoms with Gasteiger partial charge in [-0.25, -0.2) is 9.50 Å². The highest BCUT2D eigenvalue weighted by atomic mass is 15.2. The Morgan fingerprint density at radius 2 is 2.05 bits per heavy atom. The number of rotatable bonds is 3. The van der Waals surface area contributed by atoms with Gasteiger partial charge in [0.05, 0.1) is 11.4 Å². The first-order valence-electron chi connectivity index (χ1n) is 6.17. The minimum absolute atomic E-state index is 0.701. The number of nitrogens with zero attached hydrogens (tertiary/aromatic N) is 4. The van der Waals surface area contributed by atoms with Gasteiger partial charge in [-0.2, -0.15) is 5.10 Å². The van der Waals surface area contributed by atoms with Crippen molar-refractivity contribution in [1.29, 1.82) is 0 Å². The molecule has 19 heavy (non-hydrogen) atoms. The molecule has 0 spiro atoms. The van der Waals surface area contributed by atoms with Crippen LogP contribution in [0.3, 0.4) is 0 Å². The summed E-state index contributed by atoms with van der Waals surface area (Å²) in [5.41, 5.74) is 5.08. The normalized spacial score (nSPS) is 10.8. The third-order valence-corrected chi connectivity index (χ3v) is 2.86. The summed E-state index contributed by atoms with van der Waals surface area (Å²) in [6, 6.07) is 4.03. The third kappa shape index (κ3) is 2.54. The van der Waals surface area contributed by atoms with Gasteiger partial charge < -0.3 is 5.32 Å². The fourth-order valence-corrected chi connectivity index (χ4v) is 1.98.